The Kier molecular flexibility index (Phi) is 6.52. The summed E-state index contributed by atoms with van der Waals surface area (Å²) in [5.74, 6) is -2.15. The van der Waals surface area contributed by atoms with Crippen LogP contribution < -0.4 is 5.43 Å². The molecule has 0 aliphatic rings. The van der Waals surface area contributed by atoms with Gasteiger partial charge in [-0.25, -0.2) is 9.18 Å². The molecular weight excluding hydrogens is 382 g/mol. The summed E-state index contributed by atoms with van der Waals surface area (Å²) < 4.78 is 23.3. The Hall–Kier alpha value is -1.55. The number of halogens is 2. The average Bonchev–Trinajstić information content (AvgIpc) is 2.42. The second-order valence-corrected chi connectivity index (χ2v) is 4.79. The van der Waals surface area contributed by atoms with Crippen molar-refractivity contribution in [1.29, 1.82) is 0 Å². The maximum Gasteiger partial charge on any atom is 0.362 e. The minimum Gasteiger partial charge on any atom is -0.464 e. The first-order valence-corrected chi connectivity index (χ1v) is 6.46. The third-order valence-corrected chi connectivity index (χ3v) is 2.81. The summed E-state index contributed by atoms with van der Waals surface area (Å²) in [6.45, 7) is -0.329. The highest BCUT2D eigenvalue weighted by Crippen LogP contribution is 2.17. The highest BCUT2D eigenvalue weighted by molar-refractivity contribution is 14.1. The lowest BCUT2D eigenvalue weighted by atomic mass is 10.2. The van der Waals surface area contributed by atoms with E-state index in [2.05, 4.69) is 20.0 Å². The van der Waals surface area contributed by atoms with Crippen molar-refractivity contribution in [2.24, 2.45) is 5.10 Å². The van der Waals surface area contributed by atoms with Gasteiger partial charge < -0.3 is 9.47 Å². The van der Waals surface area contributed by atoms with Crippen LogP contribution in [-0.2, 0) is 19.1 Å². The molecule has 0 spiro atoms. The molecule has 0 aromatic heterocycles. The molecule has 0 amide bonds. The van der Waals surface area contributed by atoms with Gasteiger partial charge in [0.1, 0.15) is 12.4 Å². The summed E-state index contributed by atoms with van der Waals surface area (Å²) in [7, 11) is 2.42. The van der Waals surface area contributed by atoms with E-state index in [1.165, 1.54) is 19.2 Å². The number of rotatable bonds is 6. The number of nitrogens with one attached hydrogen (secondary N) is 1. The van der Waals surface area contributed by atoms with Gasteiger partial charge in [0.2, 0.25) is 11.5 Å². The second-order valence-electron chi connectivity index (χ2n) is 3.54. The Balaban J connectivity index is 2.99. The molecule has 0 saturated heterocycles. The monoisotopic (exact) mass is 394 g/mol. The van der Waals surface area contributed by atoms with Crippen molar-refractivity contribution in [2.45, 2.75) is 0 Å². The first-order valence-electron chi connectivity index (χ1n) is 5.38. The maximum absolute atomic E-state index is 13.5. The quantitative estimate of drug-likeness (QED) is 0.261. The van der Waals surface area contributed by atoms with Crippen LogP contribution >= 0.6 is 22.6 Å². The topological polar surface area (TPSA) is 77.0 Å². The van der Waals surface area contributed by atoms with E-state index in [4.69, 9.17) is 0 Å². The molecule has 1 aromatic rings. The number of hydrogen-bond acceptors (Lipinski definition) is 6. The lowest BCUT2D eigenvalue weighted by Gasteiger charge is -2.06. The first kappa shape index (κ1) is 16.5. The summed E-state index contributed by atoms with van der Waals surface area (Å²) in [6.07, 6.45) is 0. The maximum atomic E-state index is 13.5. The summed E-state index contributed by atoms with van der Waals surface area (Å²) in [5, 5.41) is 3.60. The zero-order valence-electron chi connectivity index (χ0n) is 10.8. The van der Waals surface area contributed by atoms with E-state index in [0.29, 0.717) is 0 Å². The van der Waals surface area contributed by atoms with E-state index >= 15 is 0 Å². The Morgan fingerprint density at radius 1 is 1.40 bits per heavy atom. The number of benzene rings is 1. The molecule has 6 nitrogen and oxygen atoms in total. The van der Waals surface area contributed by atoms with Crippen LogP contribution in [0.4, 0.5) is 10.1 Å². The molecule has 1 N–H and O–H groups in total. The van der Waals surface area contributed by atoms with Gasteiger partial charge >= 0.3 is 5.97 Å². The van der Waals surface area contributed by atoms with Gasteiger partial charge in [0.25, 0.3) is 0 Å². The number of anilines is 1. The van der Waals surface area contributed by atoms with Gasteiger partial charge in [0, 0.05) is 10.7 Å². The molecule has 1 aromatic carbocycles. The van der Waals surface area contributed by atoms with Crippen molar-refractivity contribution < 1.29 is 23.5 Å². The van der Waals surface area contributed by atoms with Crippen LogP contribution in [-0.4, -0.2) is 38.3 Å². The highest BCUT2D eigenvalue weighted by atomic mass is 127. The lowest BCUT2D eigenvalue weighted by Crippen LogP contribution is -2.29. The van der Waals surface area contributed by atoms with Gasteiger partial charge in [-0.05, 0) is 40.8 Å². The summed E-state index contributed by atoms with van der Waals surface area (Å²) in [5.41, 5.74) is 1.89. The van der Waals surface area contributed by atoms with E-state index in [0.717, 1.165) is 10.7 Å². The molecule has 108 valence electrons. The minimum atomic E-state index is -0.925. The van der Waals surface area contributed by atoms with Crippen molar-refractivity contribution in [1.82, 2.24) is 0 Å². The molecule has 8 heteroatoms. The Labute approximate surface area is 128 Å². The molecule has 0 heterocycles. The van der Waals surface area contributed by atoms with E-state index in [1.807, 2.05) is 22.6 Å². The number of methoxy groups -OCH3 is 2. The molecule has 20 heavy (non-hydrogen) atoms. The molecule has 0 fully saturated rings. The predicted molar refractivity (Wildman–Crippen MR) is 79.1 cm³/mol. The van der Waals surface area contributed by atoms with Gasteiger partial charge in [0.05, 0.1) is 12.8 Å². The zero-order chi connectivity index (χ0) is 15.1. The largest absolute Gasteiger partial charge is 0.464 e. The fourth-order valence-corrected chi connectivity index (χ4v) is 1.71. The standard InChI is InChI=1S/C12H12FIN2O4/c1-19-6-10(17)11(12(18)20-2)16-15-9-5-7(14)3-4-8(9)13/h3-5,15H,6H2,1-2H3. The first-order chi connectivity index (χ1) is 9.49. The van der Waals surface area contributed by atoms with E-state index in [-0.39, 0.29) is 12.3 Å². The number of hydrogen-bond donors (Lipinski definition) is 1. The van der Waals surface area contributed by atoms with Gasteiger partial charge in [-0.1, -0.05) is 0 Å². The molecular formula is C12H12FIN2O4. The van der Waals surface area contributed by atoms with Gasteiger partial charge in [0.15, 0.2) is 0 Å². The fourth-order valence-electron chi connectivity index (χ4n) is 1.22. The zero-order valence-corrected chi connectivity index (χ0v) is 12.9. The number of ether oxygens (including phenoxy) is 2. The lowest BCUT2D eigenvalue weighted by molar-refractivity contribution is -0.133. The molecule has 1 rings (SSSR count). The number of hydrazone groups is 1. The Bertz CT molecular complexity index is 548. The summed E-state index contributed by atoms with van der Waals surface area (Å²) in [4.78, 5) is 23.1. The molecule has 0 atom stereocenters. The number of ketones is 1. The van der Waals surface area contributed by atoms with E-state index < -0.39 is 23.3 Å². The van der Waals surface area contributed by atoms with Gasteiger partial charge in [-0.15, -0.1) is 0 Å². The van der Waals surface area contributed by atoms with Crippen LogP contribution in [0.2, 0.25) is 0 Å². The number of carbonyl (C=O) groups is 2. The summed E-state index contributed by atoms with van der Waals surface area (Å²) in [6, 6.07) is 4.30. The normalized spacial score (nSPS) is 11.1. The van der Waals surface area contributed by atoms with Crippen LogP contribution in [0.3, 0.4) is 0 Å². The van der Waals surface area contributed by atoms with Crippen LogP contribution in [0.1, 0.15) is 0 Å². The number of carbonyl (C=O) groups excluding carboxylic acids is 2. The van der Waals surface area contributed by atoms with Crippen LogP contribution in [0.15, 0.2) is 23.3 Å². The van der Waals surface area contributed by atoms with Crippen molar-refractivity contribution in [3.05, 3.63) is 27.6 Å². The molecule has 0 radical (unpaired) electrons. The smallest absolute Gasteiger partial charge is 0.362 e. The molecule has 0 saturated carbocycles. The summed E-state index contributed by atoms with van der Waals surface area (Å²) >= 11 is 1.99. The third kappa shape index (κ3) is 4.53. The van der Waals surface area contributed by atoms with Crippen LogP contribution in [0.25, 0.3) is 0 Å². The molecule has 0 aliphatic carbocycles. The van der Waals surface area contributed by atoms with E-state index in [1.54, 1.807) is 6.07 Å². The molecule has 0 bridgehead atoms. The second kappa shape index (κ2) is 7.90. The SMILES string of the molecule is COCC(=O)C(=NNc1cc(I)ccc1F)C(=O)OC. The Morgan fingerprint density at radius 3 is 2.70 bits per heavy atom. The van der Waals surface area contributed by atoms with Crippen molar-refractivity contribution >= 4 is 45.7 Å². The van der Waals surface area contributed by atoms with Crippen LogP contribution in [0.5, 0.6) is 0 Å². The minimum absolute atomic E-state index is 0.0449. The van der Waals surface area contributed by atoms with Crippen molar-refractivity contribution in [3.63, 3.8) is 0 Å². The van der Waals surface area contributed by atoms with E-state index in [9.17, 15) is 14.0 Å². The third-order valence-electron chi connectivity index (χ3n) is 2.13. The number of esters is 1. The highest BCUT2D eigenvalue weighted by Gasteiger charge is 2.21. The average molecular weight is 394 g/mol. The Morgan fingerprint density at radius 2 is 2.10 bits per heavy atom. The van der Waals surface area contributed by atoms with Crippen molar-refractivity contribution in [3.8, 4) is 0 Å². The van der Waals surface area contributed by atoms with Crippen molar-refractivity contribution in [2.75, 3.05) is 26.3 Å². The number of nitrogens with zero attached hydrogens (tertiary/aromatic N) is 1. The van der Waals surface area contributed by atoms with Crippen LogP contribution in [0, 0.1) is 9.39 Å². The molecule has 0 unspecified atom stereocenters. The fraction of sp³-hybridized carbons (Fsp3) is 0.250. The van der Waals surface area contributed by atoms with Gasteiger partial charge in [-0.2, -0.15) is 5.10 Å². The number of Topliss-reactive ketones (excluding diaryl/α,β-unsaturated/α-hetero) is 1. The predicted octanol–water partition coefficient (Wildman–Crippen LogP) is 1.59. The van der Waals surface area contributed by atoms with Gasteiger partial charge in [-0.3, -0.25) is 10.2 Å². The molecule has 0 aliphatic heterocycles.